The summed E-state index contributed by atoms with van der Waals surface area (Å²) in [6.07, 6.45) is 0.271. The number of Topliss-reactive ketones (excluding diaryl/α,β-unsaturated/α-hetero) is 1. The van der Waals surface area contributed by atoms with Crippen molar-refractivity contribution in [1.82, 2.24) is 0 Å². The van der Waals surface area contributed by atoms with E-state index in [4.69, 9.17) is 5.11 Å². The highest BCUT2D eigenvalue weighted by Gasteiger charge is 2.25. The maximum atomic E-state index is 11.9. The second-order valence-electron chi connectivity index (χ2n) is 4.27. The van der Waals surface area contributed by atoms with Gasteiger partial charge < -0.3 is 10.0 Å². The van der Waals surface area contributed by atoms with E-state index >= 15 is 0 Å². The number of anilines is 1. The van der Waals surface area contributed by atoms with Gasteiger partial charge in [-0.3, -0.25) is 9.59 Å². The van der Waals surface area contributed by atoms with E-state index < -0.39 is 5.97 Å². The van der Waals surface area contributed by atoms with Crippen molar-refractivity contribution in [3.8, 4) is 0 Å². The van der Waals surface area contributed by atoms with E-state index in [-0.39, 0.29) is 23.7 Å². The van der Waals surface area contributed by atoms with Gasteiger partial charge in [0.2, 0.25) is 5.91 Å². The summed E-state index contributed by atoms with van der Waals surface area (Å²) >= 11 is 1.39. The first-order valence-corrected chi connectivity index (χ1v) is 6.77. The lowest BCUT2D eigenvalue weighted by atomic mass is 10.1. The van der Waals surface area contributed by atoms with Gasteiger partial charge in [0.25, 0.3) is 0 Å². The number of carbonyl (C=O) groups is 3. The fourth-order valence-corrected chi connectivity index (χ4v) is 2.77. The molecular formula is C13H13NO4S. The van der Waals surface area contributed by atoms with Crippen molar-refractivity contribution in [2.24, 2.45) is 0 Å². The summed E-state index contributed by atoms with van der Waals surface area (Å²) in [5, 5.41) is 8.99. The van der Waals surface area contributed by atoms with Gasteiger partial charge in [0, 0.05) is 17.9 Å². The molecule has 2 rings (SSSR count). The molecular weight excluding hydrogens is 266 g/mol. The van der Waals surface area contributed by atoms with Crippen LogP contribution in [-0.2, 0) is 9.59 Å². The standard InChI is InChI=1S/C13H13NO4S/c1-8(15)4-5-14-10-6-9(13(17)18)2-3-11(10)19-7-12(14)16/h2-3,6H,4-5,7H2,1H3,(H,17,18). The third kappa shape index (κ3) is 2.96. The van der Waals surface area contributed by atoms with E-state index in [1.54, 1.807) is 6.07 Å². The summed E-state index contributed by atoms with van der Waals surface area (Å²) in [6.45, 7) is 1.77. The molecule has 0 fully saturated rings. The van der Waals surface area contributed by atoms with Crippen LogP contribution in [0.1, 0.15) is 23.7 Å². The molecule has 1 aromatic rings. The highest BCUT2D eigenvalue weighted by atomic mass is 32.2. The zero-order chi connectivity index (χ0) is 14.0. The first kappa shape index (κ1) is 13.6. The summed E-state index contributed by atoms with van der Waals surface area (Å²) in [4.78, 5) is 36.3. The van der Waals surface area contributed by atoms with E-state index in [0.717, 1.165) is 4.90 Å². The largest absolute Gasteiger partial charge is 0.478 e. The number of benzene rings is 1. The van der Waals surface area contributed by atoms with Gasteiger partial charge in [-0.25, -0.2) is 4.79 Å². The summed E-state index contributed by atoms with van der Waals surface area (Å²) in [5.41, 5.74) is 0.726. The van der Waals surface area contributed by atoms with Crippen LogP contribution in [0.2, 0.25) is 0 Å². The zero-order valence-electron chi connectivity index (χ0n) is 10.4. The predicted molar refractivity (Wildman–Crippen MR) is 71.8 cm³/mol. The van der Waals surface area contributed by atoms with Gasteiger partial charge in [-0.15, -0.1) is 11.8 Å². The van der Waals surface area contributed by atoms with Crippen LogP contribution >= 0.6 is 11.8 Å². The number of carboxylic acid groups (broad SMARTS) is 1. The third-order valence-corrected chi connectivity index (χ3v) is 3.88. The molecule has 0 aliphatic carbocycles. The number of aromatic carboxylic acids is 1. The fraction of sp³-hybridized carbons (Fsp3) is 0.308. The maximum Gasteiger partial charge on any atom is 0.335 e. The second-order valence-corrected chi connectivity index (χ2v) is 5.29. The minimum absolute atomic E-state index is 0.00182. The van der Waals surface area contributed by atoms with Gasteiger partial charge in [-0.05, 0) is 25.1 Å². The van der Waals surface area contributed by atoms with Crippen molar-refractivity contribution in [3.05, 3.63) is 23.8 Å². The number of nitrogens with zero attached hydrogens (tertiary/aromatic N) is 1. The Balaban J connectivity index is 2.35. The highest BCUT2D eigenvalue weighted by Crippen LogP contribution is 2.36. The van der Waals surface area contributed by atoms with Crippen LogP contribution in [0, 0.1) is 0 Å². The Labute approximate surface area is 114 Å². The molecule has 1 amide bonds. The normalized spacial score (nSPS) is 14.2. The van der Waals surface area contributed by atoms with Crippen LogP contribution in [-0.4, -0.2) is 35.1 Å². The quantitative estimate of drug-likeness (QED) is 0.909. The predicted octanol–water partition coefficient (Wildman–Crippen LogP) is 1.80. The molecule has 19 heavy (non-hydrogen) atoms. The number of amides is 1. The Morgan fingerprint density at radius 1 is 1.42 bits per heavy atom. The second kappa shape index (κ2) is 5.44. The maximum absolute atomic E-state index is 11.9. The van der Waals surface area contributed by atoms with Gasteiger partial charge in [0.15, 0.2) is 0 Å². The number of hydrogen-bond donors (Lipinski definition) is 1. The zero-order valence-corrected chi connectivity index (χ0v) is 11.2. The topological polar surface area (TPSA) is 74.7 Å². The number of carboxylic acids is 1. The number of fused-ring (bicyclic) bond motifs is 1. The van der Waals surface area contributed by atoms with E-state index in [1.165, 1.54) is 35.7 Å². The molecule has 1 aromatic carbocycles. The number of hydrogen-bond acceptors (Lipinski definition) is 4. The van der Waals surface area contributed by atoms with Crippen molar-refractivity contribution < 1.29 is 19.5 Å². The highest BCUT2D eigenvalue weighted by molar-refractivity contribution is 8.00. The number of carbonyl (C=O) groups excluding carboxylic acids is 2. The Hall–Kier alpha value is -1.82. The minimum atomic E-state index is -1.03. The van der Waals surface area contributed by atoms with E-state index in [2.05, 4.69) is 0 Å². The lowest BCUT2D eigenvalue weighted by Crippen LogP contribution is -2.36. The molecule has 1 aliphatic heterocycles. The van der Waals surface area contributed by atoms with Crippen molar-refractivity contribution >= 4 is 35.1 Å². The molecule has 0 saturated carbocycles. The smallest absolute Gasteiger partial charge is 0.335 e. The van der Waals surface area contributed by atoms with Crippen LogP contribution < -0.4 is 4.90 Å². The summed E-state index contributed by atoms with van der Waals surface area (Å²) < 4.78 is 0. The summed E-state index contributed by atoms with van der Waals surface area (Å²) in [5.74, 6) is -0.808. The summed E-state index contributed by atoms with van der Waals surface area (Å²) in [7, 11) is 0. The molecule has 1 aliphatic rings. The average Bonchev–Trinajstić information content (AvgIpc) is 2.36. The van der Waals surface area contributed by atoms with Crippen LogP contribution in [0.15, 0.2) is 23.1 Å². The number of rotatable bonds is 4. The van der Waals surface area contributed by atoms with Crippen molar-refractivity contribution in [3.63, 3.8) is 0 Å². The molecule has 0 aromatic heterocycles. The lowest BCUT2D eigenvalue weighted by Gasteiger charge is -2.29. The Kier molecular flexibility index (Phi) is 3.90. The van der Waals surface area contributed by atoms with Crippen LogP contribution in [0.4, 0.5) is 5.69 Å². The molecule has 0 unspecified atom stereocenters. The Morgan fingerprint density at radius 3 is 2.79 bits per heavy atom. The molecule has 0 bridgehead atoms. The van der Waals surface area contributed by atoms with Crippen LogP contribution in [0.25, 0.3) is 0 Å². The average molecular weight is 279 g/mol. The van der Waals surface area contributed by atoms with Gasteiger partial charge in [0.05, 0.1) is 17.0 Å². The van der Waals surface area contributed by atoms with Crippen molar-refractivity contribution in [1.29, 1.82) is 0 Å². The SMILES string of the molecule is CC(=O)CCN1C(=O)CSc2ccc(C(=O)O)cc21. The van der Waals surface area contributed by atoms with Crippen LogP contribution in [0.3, 0.4) is 0 Å². The van der Waals surface area contributed by atoms with E-state index in [1.807, 2.05) is 0 Å². The molecule has 5 nitrogen and oxygen atoms in total. The molecule has 6 heteroatoms. The molecule has 0 saturated heterocycles. The molecule has 100 valence electrons. The molecule has 1 heterocycles. The first-order chi connectivity index (χ1) is 8.99. The molecule has 1 N–H and O–H groups in total. The van der Waals surface area contributed by atoms with E-state index in [9.17, 15) is 14.4 Å². The Morgan fingerprint density at radius 2 is 2.16 bits per heavy atom. The van der Waals surface area contributed by atoms with Gasteiger partial charge in [0.1, 0.15) is 5.78 Å². The third-order valence-electron chi connectivity index (χ3n) is 2.84. The minimum Gasteiger partial charge on any atom is -0.478 e. The summed E-state index contributed by atoms with van der Waals surface area (Å²) in [6, 6.07) is 4.71. The molecule has 0 atom stereocenters. The number of thioether (sulfide) groups is 1. The monoisotopic (exact) mass is 279 g/mol. The van der Waals surface area contributed by atoms with Gasteiger partial charge in [-0.1, -0.05) is 0 Å². The first-order valence-electron chi connectivity index (χ1n) is 5.79. The van der Waals surface area contributed by atoms with Crippen LogP contribution in [0.5, 0.6) is 0 Å². The number of ketones is 1. The Bertz CT molecular complexity index is 556. The van der Waals surface area contributed by atoms with Crippen molar-refractivity contribution in [2.75, 3.05) is 17.2 Å². The van der Waals surface area contributed by atoms with Gasteiger partial charge >= 0.3 is 5.97 Å². The lowest BCUT2D eigenvalue weighted by molar-refractivity contribution is -0.117. The molecule has 0 spiro atoms. The van der Waals surface area contributed by atoms with Gasteiger partial charge in [-0.2, -0.15) is 0 Å². The fourth-order valence-electron chi connectivity index (χ4n) is 1.85. The van der Waals surface area contributed by atoms with Crippen molar-refractivity contribution in [2.45, 2.75) is 18.2 Å². The van der Waals surface area contributed by atoms with E-state index in [0.29, 0.717) is 18.0 Å². The molecule has 0 radical (unpaired) electrons.